The van der Waals surface area contributed by atoms with Gasteiger partial charge >= 0.3 is 0 Å². The molecule has 0 saturated heterocycles. The van der Waals surface area contributed by atoms with Crippen LogP contribution in [-0.2, 0) is 0 Å². The molecule has 0 heterocycles. The molecule has 1 saturated carbocycles. The molecule has 2 nitrogen and oxygen atoms in total. The van der Waals surface area contributed by atoms with Gasteiger partial charge in [0.2, 0.25) is 0 Å². The molecule has 16 heavy (non-hydrogen) atoms. The van der Waals surface area contributed by atoms with E-state index in [4.69, 9.17) is 10.00 Å². The summed E-state index contributed by atoms with van der Waals surface area (Å²) in [5.41, 5.74) is 0.628. The van der Waals surface area contributed by atoms with Crippen LogP contribution in [-0.4, -0.2) is 5.60 Å². The summed E-state index contributed by atoms with van der Waals surface area (Å²) in [5.74, 6) is 0.823. The standard InChI is InChI=1S/C14H17NO/c1-14(8-3-2-4-9-14)16-13-7-5-6-12(10-13)11-15/h5-7,10H,2-4,8-9H2,1H3. The first-order valence-corrected chi connectivity index (χ1v) is 5.91. The zero-order valence-corrected chi connectivity index (χ0v) is 9.70. The summed E-state index contributed by atoms with van der Waals surface area (Å²) in [6.07, 6.45) is 6.04. The first kappa shape index (κ1) is 11.0. The molecule has 2 heteroatoms. The number of benzene rings is 1. The van der Waals surface area contributed by atoms with E-state index >= 15 is 0 Å². The van der Waals surface area contributed by atoms with Crippen molar-refractivity contribution in [2.75, 3.05) is 0 Å². The minimum Gasteiger partial charge on any atom is -0.488 e. The zero-order chi connectivity index (χ0) is 11.4. The van der Waals surface area contributed by atoms with Crippen LogP contribution in [0.4, 0.5) is 0 Å². The van der Waals surface area contributed by atoms with Gasteiger partial charge in [-0.25, -0.2) is 0 Å². The van der Waals surface area contributed by atoms with Crippen LogP contribution < -0.4 is 4.74 Å². The van der Waals surface area contributed by atoms with Crippen molar-refractivity contribution in [2.24, 2.45) is 0 Å². The average molecular weight is 215 g/mol. The summed E-state index contributed by atoms with van der Waals surface area (Å²) < 4.78 is 6.03. The first-order valence-electron chi connectivity index (χ1n) is 5.91. The highest BCUT2D eigenvalue weighted by Crippen LogP contribution is 2.32. The molecule has 0 aliphatic heterocycles. The van der Waals surface area contributed by atoms with Gasteiger partial charge in [-0.3, -0.25) is 0 Å². The van der Waals surface area contributed by atoms with Gasteiger partial charge < -0.3 is 4.74 Å². The van der Waals surface area contributed by atoms with Gasteiger partial charge in [0.15, 0.2) is 0 Å². The van der Waals surface area contributed by atoms with Gasteiger partial charge in [-0.2, -0.15) is 5.26 Å². The van der Waals surface area contributed by atoms with E-state index in [9.17, 15) is 0 Å². The second kappa shape index (κ2) is 4.57. The maximum Gasteiger partial charge on any atom is 0.121 e. The second-order valence-corrected chi connectivity index (χ2v) is 4.75. The topological polar surface area (TPSA) is 33.0 Å². The Morgan fingerprint density at radius 1 is 1.25 bits per heavy atom. The molecule has 0 amide bonds. The highest BCUT2D eigenvalue weighted by molar-refractivity contribution is 5.36. The maximum absolute atomic E-state index is 8.83. The van der Waals surface area contributed by atoms with Gasteiger partial charge in [0.1, 0.15) is 11.4 Å². The lowest BCUT2D eigenvalue weighted by molar-refractivity contribution is 0.0487. The van der Waals surface area contributed by atoms with Gasteiger partial charge in [-0.15, -0.1) is 0 Å². The van der Waals surface area contributed by atoms with E-state index in [1.807, 2.05) is 18.2 Å². The number of hydrogen-bond donors (Lipinski definition) is 0. The van der Waals surface area contributed by atoms with Gasteiger partial charge in [0.25, 0.3) is 0 Å². The van der Waals surface area contributed by atoms with Crippen molar-refractivity contribution < 1.29 is 4.74 Å². The second-order valence-electron chi connectivity index (χ2n) is 4.75. The number of rotatable bonds is 2. The van der Waals surface area contributed by atoms with E-state index in [0.29, 0.717) is 5.56 Å². The lowest BCUT2D eigenvalue weighted by Gasteiger charge is -2.34. The Morgan fingerprint density at radius 3 is 2.69 bits per heavy atom. The van der Waals surface area contributed by atoms with E-state index in [0.717, 1.165) is 18.6 Å². The largest absolute Gasteiger partial charge is 0.488 e. The molecule has 0 N–H and O–H groups in total. The van der Waals surface area contributed by atoms with E-state index in [1.54, 1.807) is 6.07 Å². The van der Waals surface area contributed by atoms with Crippen molar-refractivity contribution >= 4 is 0 Å². The number of ether oxygens (including phenoxy) is 1. The number of hydrogen-bond acceptors (Lipinski definition) is 2. The fourth-order valence-electron chi connectivity index (χ4n) is 2.32. The van der Waals surface area contributed by atoms with Crippen LogP contribution in [0.25, 0.3) is 0 Å². The quantitative estimate of drug-likeness (QED) is 0.754. The van der Waals surface area contributed by atoms with Crippen LogP contribution in [0, 0.1) is 11.3 Å². The summed E-state index contributed by atoms with van der Waals surface area (Å²) >= 11 is 0. The van der Waals surface area contributed by atoms with Crippen molar-refractivity contribution in [3.05, 3.63) is 29.8 Å². The maximum atomic E-state index is 8.83. The molecule has 0 bridgehead atoms. The van der Waals surface area contributed by atoms with Crippen molar-refractivity contribution in [2.45, 2.75) is 44.6 Å². The molecule has 1 aromatic rings. The average Bonchev–Trinajstić information content (AvgIpc) is 2.29. The number of nitriles is 1. The molecule has 1 aliphatic rings. The normalized spacial score (nSPS) is 18.8. The first-order chi connectivity index (χ1) is 7.72. The van der Waals surface area contributed by atoms with E-state index in [-0.39, 0.29) is 5.60 Å². The lowest BCUT2D eigenvalue weighted by Crippen LogP contribution is -2.34. The summed E-state index contributed by atoms with van der Waals surface area (Å²) in [5, 5.41) is 8.83. The summed E-state index contributed by atoms with van der Waals surface area (Å²) in [6, 6.07) is 9.56. The van der Waals surface area contributed by atoms with Crippen molar-refractivity contribution in [3.63, 3.8) is 0 Å². The summed E-state index contributed by atoms with van der Waals surface area (Å²) in [4.78, 5) is 0. The molecule has 0 atom stereocenters. The Kier molecular flexibility index (Phi) is 3.14. The summed E-state index contributed by atoms with van der Waals surface area (Å²) in [6.45, 7) is 2.17. The minimum absolute atomic E-state index is 0.0354. The third-order valence-electron chi connectivity index (χ3n) is 3.24. The van der Waals surface area contributed by atoms with Gasteiger partial charge in [0.05, 0.1) is 11.6 Å². The Morgan fingerprint density at radius 2 is 2.00 bits per heavy atom. The molecule has 84 valence electrons. The number of nitrogens with zero attached hydrogens (tertiary/aromatic N) is 1. The molecule has 0 radical (unpaired) electrons. The fraction of sp³-hybridized carbons (Fsp3) is 0.500. The third-order valence-corrected chi connectivity index (χ3v) is 3.24. The molecule has 0 aromatic heterocycles. The third kappa shape index (κ3) is 2.55. The Hall–Kier alpha value is -1.49. The molecular weight excluding hydrogens is 198 g/mol. The van der Waals surface area contributed by atoms with Crippen molar-refractivity contribution in [1.29, 1.82) is 5.26 Å². The minimum atomic E-state index is -0.0354. The summed E-state index contributed by atoms with van der Waals surface area (Å²) in [7, 11) is 0. The fourth-order valence-corrected chi connectivity index (χ4v) is 2.32. The molecule has 1 aromatic carbocycles. The van der Waals surface area contributed by atoms with Crippen LogP contribution in [0.15, 0.2) is 24.3 Å². The van der Waals surface area contributed by atoms with Crippen LogP contribution in [0.1, 0.15) is 44.6 Å². The highest BCUT2D eigenvalue weighted by Gasteiger charge is 2.28. The molecule has 2 rings (SSSR count). The highest BCUT2D eigenvalue weighted by atomic mass is 16.5. The Labute approximate surface area is 96.9 Å². The monoisotopic (exact) mass is 215 g/mol. The lowest BCUT2D eigenvalue weighted by atomic mass is 9.86. The Balaban J connectivity index is 2.10. The molecule has 0 spiro atoms. The van der Waals surface area contributed by atoms with Crippen LogP contribution in [0.5, 0.6) is 5.75 Å². The van der Waals surface area contributed by atoms with Gasteiger partial charge in [0, 0.05) is 0 Å². The molecule has 1 aliphatic carbocycles. The smallest absolute Gasteiger partial charge is 0.121 e. The van der Waals surface area contributed by atoms with E-state index in [1.165, 1.54) is 19.3 Å². The van der Waals surface area contributed by atoms with Crippen LogP contribution in [0.2, 0.25) is 0 Å². The van der Waals surface area contributed by atoms with Gasteiger partial charge in [-0.05, 0) is 50.8 Å². The van der Waals surface area contributed by atoms with E-state index < -0.39 is 0 Å². The molecule has 0 unspecified atom stereocenters. The predicted molar refractivity (Wildman–Crippen MR) is 63.3 cm³/mol. The Bertz CT molecular complexity index is 399. The van der Waals surface area contributed by atoms with Crippen molar-refractivity contribution in [1.82, 2.24) is 0 Å². The van der Waals surface area contributed by atoms with Crippen molar-refractivity contribution in [3.8, 4) is 11.8 Å². The van der Waals surface area contributed by atoms with Crippen LogP contribution >= 0.6 is 0 Å². The molecular formula is C14H17NO. The van der Waals surface area contributed by atoms with Crippen LogP contribution in [0.3, 0.4) is 0 Å². The SMILES string of the molecule is CC1(Oc2cccc(C#N)c2)CCCCC1. The van der Waals surface area contributed by atoms with Gasteiger partial charge in [-0.1, -0.05) is 12.5 Å². The molecule has 1 fully saturated rings. The predicted octanol–water partition coefficient (Wildman–Crippen LogP) is 3.66. The zero-order valence-electron chi connectivity index (χ0n) is 9.70. The van der Waals surface area contributed by atoms with E-state index in [2.05, 4.69) is 13.0 Å².